The number of piperazine rings is 1. The molecule has 8 heteroatoms. The quantitative estimate of drug-likeness (QED) is 0.473. The molecule has 8 nitrogen and oxygen atoms in total. The maximum Gasteiger partial charge on any atom is 0.324 e. The van der Waals surface area contributed by atoms with Crippen LogP contribution >= 0.6 is 0 Å². The van der Waals surface area contributed by atoms with Crippen molar-refractivity contribution in [3.05, 3.63) is 59.4 Å². The molecule has 148 valence electrons. The molecule has 2 aromatic rings. The van der Waals surface area contributed by atoms with Gasteiger partial charge >= 0.3 is 6.03 Å². The third-order valence-corrected chi connectivity index (χ3v) is 4.86. The van der Waals surface area contributed by atoms with Crippen LogP contribution in [0.2, 0.25) is 0 Å². The number of pyridine rings is 1. The number of nitrogen functional groups attached to an aromatic ring is 1. The van der Waals surface area contributed by atoms with Crippen LogP contribution in [0.15, 0.2) is 42.6 Å². The number of aromatic nitrogens is 1. The summed E-state index contributed by atoms with van der Waals surface area (Å²) < 4.78 is 0. The fraction of sp³-hybridized carbons (Fsp3) is 0.350. The highest BCUT2D eigenvalue weighted by atomic mass is 16.2. The first-order valence-corrected chi connectivity index (χ1v) is 9.25. The minimum Gasteiger partial charge on any atom is -0.322 e. The molecule has 0 aliphatic carbocycles. The van der Waals surface area contributed by atoms with E-state index < -0.39 is 5.91 Å². The Morgan fingerprint density at radius 2 is 1.93 bits per heavy atom. The normalized spacial score (nSPS) is 14.6. The highest BCUT2D eigenvalue weighted by Crippen LogP contribution is 2.21. The van der Waals surface area contributed by atoms with Crippen molar-refractivity contribution in [2.75, 3.05) is 38.1 Å². The molecule has 3 N–H and O–H groups in total. The topological polar surface area (TPSA) is 94.8 Å². The van der Waals surface area contributed by atoms with Crippen molar-refractivity contribution in [2.45, 2.75) is 13.5 Å². The van der Waals surface area contributed by atoms with E-state index in [9.17, 15) is 9.59 Å². The maximum absolute atomic E-state index is 13.3. The summed E-state index contributed by atoms with van der Waals surface area (Å²) >= 11 is 0. The van der Waals surface area contributed by atoms with Crippen molar-refractivity contribution in [1.82, 2.24) is 20.2 Å². The van der Waals surface area contributed by atoms with Crippen LogP contribution in [0.1, 0.15) is 21.6 Å². The molecule has 1 aliphatic rings. The van der Waals surface area contributed by atoms with E-state index in [0.717, 1.165) is 24.3 Å². The number of likely N-dealkylation sites (N-methyl/N-ethyl adjacent to an activating group) is 1. The highest BCUT2D eigenvalue weighted by Gasteiger charge is 2.25. The summed E-state index contributed by atoms with van der Waals surface area (Å²) in [5, 5.41) is 0. The number of aryl methyl sites for hydroxylation is 1. The van der Waals surface area contributed by atoms with Gasteiger partial charge in [0, 0.05) is 38.1 Å². The first-order valence-electron chi connectivity index (χ1n) is 9.25. The Kier molecular flexibility index (Phi) is 6.23. The Morgan fingerprint density at radius 1 is 1.18 bits per heavy atom. The predicted octanol–water partition coefficient (Wildman–Crippen LogP) is 1.37. The minimum absolute atomic E-state index is 0.0377. The summed E-state index contributed by atoms with van der Waals surface area (Å²) in [6, 6.07) is 11.2. The van der Waals surface area contributed by atoms with E-state index in [-0.39, 0.29) is 6.03 Å². The number of hydrogen-bond acceptors (Lipinski definition) is 5. The van der Waals surface area contributed by atoms with Gasteiger partial charge in [-0.15, -0.1) is 0 Å². The van der Waals surface area contributed by atoms with E-state index in [0.29, 0.717) is 30.9 Å². The van der Waals surface area contributed by atoms with Gasteiger partial charge < -0.3 is 9.80 Å². The second-order valence-corrected chi connectivity index (χ2v) is 7.01. The van der Waals surface area contributed by atoms with Crippen LogP contribution < -0.4 is 16.2 Å². The second-order valence-electron chi connectivity index (χ2n) is 7.01. The minimum atomic E-state index is -0.400. The van der Waals surface area contributed by atoms with Gasteiger partial charge in [-0.05, 0) is 43.8 Å². The molecule has 3 amide bonds. The molecule has 0 saturated carbocycles. The van der Waals surface area contributed by atoms with E-state index >= 15 is 0 Å². The average Bonchev–Trinajstić information content (AvgIpc) is 2.72. The lowest BCUT2D eigenvalue weighted by Gasteiger charge is -2.36. The Hall–Kier alpha value is -2.97. The molecule has 0 atom stereocenters. The molecule has 28 heavy (non-hydrogen) atoms. The van der Waals surface area contributed by atoms with Gasteiger partial charge in [0.25, 0.3) is 5.91 Å². The number of hydrogen-bond donors (Lipinski definition) is 2. The van der Waals surface area contributed by atoms with Crippen LogP contribution in [-0.2, 0) is 6.54 Å². The van der Waals surface area contributed by atoms with Gasteiger partial charge in [-0.3, -0.25) is 20.1 Å². The van der Waals surface area contributed by atoms with Crippen LogP contribution in [0, 0.1) is 6.92 Å². The Labute approximate surface area is 164 Å². The molecular formula is C20H26N6O2. The van der Waals surface area contributed by atoms with E-state index in [1.54, 1.807) is 17.0 Å². The van der Waals surface area contributed by atoms with Crippen molar-refractivity contribution in [3.8, 4) is 0 Å². The first-order chi connectivity index (χ1) is 13.5. The molecule has 1 aromatic carbocycles. The molecule has 1 aromatic heterocycles. The SMILES string of the molecule is Cc1cccc(N(Cc2ccc(C(=O)NN)cn2)C(=O)N2CCN(C)CC2)c1. The van der Waals surface area contributed by atoms with E-state index in [4.69, 9.17) is 5.84 Å². The molecule has 2 heterocycles. The number of carbonyl (C=O) groups is 2. The smallest absolute Gasteiger partial charge is 0.322 e. The largest absolute Gasteiger partial charge is 0.324 e. The summed E-state index contributed by atoms with van der Waals surface area (Å²) in [4.78, 5) is 35.0. The fourth-order valence-electron chi connectivity index (χ4n) is 3.13. The number of anilines is 1. The Bertz CT molecular complexity index is 831. The van der Waals surface area contributed by atoms with Gasteiger partial charge in [-0.2, -0.15) is 0 Å². The monoisotopic (exact) mass is 382 g/mol. The highest BCUT2D eigenvalue weighted by molar-refractivity contribution is 5.93. The van der Waals surface area contributed by atoms with E-state index in [1.165, 1.54) is 6.20 Å². The summed E-state index contributed by atoms with van der Waals surface area (Å²) in [7, 11) is 2.06. The van der Waals surface area contributed by atoms with Crippen molar-refractivity contribution >= 4 is 17.6 Å². The Morgan fingerprint density at radius 3 is 2.54 bits per heavy atom. The predicted molar refractivity (Wildman–Crippen MR) is 108 cm³/mol. The van der Waals surface area contributed by atoms with Gasteiger partial charge in [-0.25, -0.2) is 10.6 Å². The van der Waals surface area contributed by atoms with Crippen LogP contribution in [0.4, 0.5) is 10.5 Å². The zero-order chi connectivity index (χ0) is 20.1. The number of amides is 3. The number of rotatable bonds is 4. The molecule has 0 bridgehead atoms. The first kappa shape index (κ1) is 19.8. The molecule has 1 saturated heterocycles. The lowest BCUT2D eigenvalue weighted by atomic mass is 10.2. The van der Waals surface area contributed by atoms with E-state index in [2.05, 4.69) is 22.4 Å². The third kappa shape index (κ3) is 4.65. The number of carbonyl (C=O) groups excluding carboxylic acids is 2. The van der Waals surface area contributed by atoms with Crippen molar-refractivity contribution in [2.24, 2.45) is 5.84 Å². The summed E-state index contributed by atoms with van der Waals surface area (Å²) in [5.74, 6) is 4.76. The molecular weight excluding hydrogens is 356 g/mol. The van der Waals surface area contributed by atoms with Crippen molar-refractivity contribution in [1.29, 1.82) is 0 Å². The lowest BCUT2D eigenvalue weighted by Crippen LogP contribution is -2.52. The number of nitrogens with one attached hydrogen (secondary N) is 1. The molecule has 1 aliphatic heterocycles. The van der Waals surface area contributed by atoms with Crippen LogP contribution in [0.25, 0.3) is 0 Å². The van der Waals surface area contributed by atoms with Gasteiger partial charge in [0.1, 0.15) is 0 Å². The third-order valence-electron chi connectivity index (χ3n) is 4.86. The zero-order valence-corrected chi connectivity index (χ0v) is 16.3. The second kappa shape index (κ2) is 8.81. The fourth-order valence-corrected chi connectivity index (χ4v) is 3.13. The standard InChI is InChI=1S/C20H26N6O2/c1-15-4-3-5-18(12-15)26(20(28)25-10-8-24(2)9-11-25)14-17-7-6-16(13-22-17)19(27)23-21/h3-7,12-13H,8-11,14,21H2,1-2H3,(H,23,27). The van der Waals surface area contributed by atoms with E-state index in [1.807, 2.05) is 36.1 Å². The van der Waals surface area contributed by atoms with Gasteiger partial charge in [0.2, 0.25) is 0 Å². The van der Waals surface area contributed by atoms with Crippen LogP contribution in [0.5, 0.6) is 0 Å². The number of benzene rings is 1. The van der Waals surface area contributed by atoms with Crippen molar-refractivity contribution in [3.63, 3.8) is 0 Å². The molecule has 3 rings (SSSR count). The molecule has 0 unspecified atom stereocenters. The summed E-state index contributed by atoms with van der Waals surface area (Å²) in [6.07, 6.45) is 1.46. The molecule has 0 radical (unpaired) electrons. The number of hydrazine groups is 1. The maximum atomic E-state index is 13.3. The zero-order valence-electron chi connectivity index (χ0n) is 16.3. The molecule has 1 fully saturated rings. The lowest BCUT2D eigenvalue weighted by molar-refractivity contribution is 0.0953. The number of nitrogens with two attached hydrogens (primary N) is 1. The molecule has 0 spiro atoms. The summed E-state index contributed by atoms with van der Waals surface area (Å²) in [5.41, 5.74) is 5.06. The van der Waals surface area contributed by atoms with Gasteiger partial charge in [-0.1, -0.05) is 12.1 Å². The van der Waals surface area contributed by atoms with Crippen LogP contribution in [-0.4, -0.2) is 59.9 Å². The van der Waals surface area contributed by atoms with Gasteiger partial charge in [0.15, 0.2) is 0 Å². The van der Waals surface area contributed by atoms with Gasteiger partial charge in [0.05, 0.1) is 17.8 Å². The summed E-state index contributed by atoms with van der Waals surface area (Å²) in [6.45, 7) is 5.42. The number of urea groups is 1. The van der Waals surface area contributed by atoms with Crippen molar-refractivity contribution < 1.29 is 9.59 Å². The Balaban J connectivity index is 1.84. The van der Waals surface area contributed by atoms with Crippen LogP contribution in [0.3, 0.4) is 0 Å². The number of nitrogens with zero attached hydrogens (tertiary/aromatic N) is 4. The average molecular weight is 382 g/mol.